The molecule has 6 heteroatoms. The van der Waals surface area contributed by atoms with Gasteiger partial charge in [0.2, 0.25) is 0 Å². The number of piperazine rings is 1. The molecule has 0 amide bonds. The Morgan fingerprint density at radius 3 is 3.00 bits per heavy atom. The standard InChI is InChI=1S/C18H26N4O.ClH/c1-3-11-23-16-6-4-5-15(12-16)14-22-10-7-19-13-17(22)18-20-8-9-21(18)2;/h4-6,8-9,12,17,19H,3,7,10-11,13-14H2,1-2H3;1H. The average Bonchev–Trinajstić information content (AvgIpc) is 3.00. The summed E-state index contributed by atoms with van der Waals surface area (Å²) in [6.45, 7) is 6.80. The molecule has 0 radical (unpaired) electrons. The molecule has 132 valence electrons. The molecule has 2 aromatic rings. The Morgan fingerprint density at radius 2 is 2.25 bits per heavy atom. The van der Waals surface area contributed by atoms with Crippen LogP contribution >= 0.6 is 12.4 Å². The normalized spacial score (nSPS) is 18.2. The summed E-state index contributed by atoms with van der Waals surface area (Å²) in [5.41, 5.74) is 1.29. The van der Waals surface area contributed by atoms with E-state index >= 15 is 0 Å². The van der Waals surface area contributed by atoms with Crippen molar-refractivity contribution in [2.45, 2.75) is 25.9 Å². The lowest BCUT2D eigenvalue weighted by Crippen LogP contribution is -2.46. The van der Waals surface area contributed by atoms with Gasteiger partial charge in [0.05, 0.1) is 12.6 Å². The molecule has 1 aliphatic rings. The Hall–Kier alpha value is -1.56. The van der Waals surface area contributed by atoms with Crippen molar-refractivity contribution >= 4 is 12.4 Å². The second kappa shape index (κ2) is 9.06. The number of imidazole rings is 1. The highest BCUT2D eigenvalue weighted by atomic mass is 35.5. The van der Waals surface area contributed by atoms with Crippen LogP contribution in [0.25, 0.3) is 0 Å². The predicted octanol–water partition coefficient (Wildman–Crippen LogP) is 2.78. The Labute approximate surface area is 150 Å². The zero-order chi connectivity index (χ0) is 16.1. The van der Waals surface area contributed by atoms with Crippen molar-refractivity contribution in [3.05, 3.63) is 48.0 Å². The van der Waals surface area contributed by atoms with Crippen molar-refractivity contribution in [1.82, 2.24) is 19.8 Å². The number of nitrogens with zero attached hydrogens (tertiary/aromatic N) is 3. The maximum absolute atomic E-state index is 5.76. The van der Waals surface area contributed by atoms with Crippen LogP contribution < -0.4 is 10.1 Å². The summed E-state index contributed by atoms with van der Waals surface area (Å²) in [6.07, 6.45) is 4.92. The van der Waals surface area contributed by atoms with Gasteiger partial charge in [-0.25, -0.2) is 4.98 Å². The summed E-state index contributed by atoms with van der Waals surface area (Å²) in [7, 11) is 2.06. The van der Waals surface area contributed by atoms with Crippen LogP contribution in [0.1, 0.15) is 30.8 Å². The third-order valence-electron chi connectivity index (χ3n) is 4.27. The van der Waals surface area contributed by atoms with Crippen LogP contribution in [0.15, 0.2) is 36.7 Å². The van der Waals surface area contributed by atoms with Gasteiger partial charge in [-0.05, 0) is 24.1 Å². The molecule has 2 heterocycles. The molecule has 0 saturated carbocycles. The van der Waals surface area contributed by atoms with Gasteiger partial charge >= 0.3 is 0 Å². The molecular formula is C18H27ClN4O. The number of nitrogens with one attached hydrogen (secondary N) is 1. The van der Waals surface area contributed by atoms with Gasteiger partial charge in [0.1, 0.15) is 11.6 Å². The lowest BCUT2D eigenvalue weighted by atomic mass is 10.1. The molecule has 1 fully saturated rings. The summed E-state index contributed by atoms with van der Waals surface area (Å²) < 4.78 is 7.87. The van der Waals surface area contributed by atoms with Crippen LogP contribution in [0.5, 0.6) is 5.75 Å². The van der Waals surface area contributed by atoms with Crippen molar-refractivity contribution in [2.75, 3.05) is 26.2 Å². The summed E-state index contributed by atoms with van der Waals surface area (Å²) in [5.74, 6) is 2.09. The number of hydrogen-bond acceptors (Lipinski definition) is 4. The summed E-state index contributed by atoms with van der Waals surface area (Å²) >= 11 is 0. The van der Waals surface area contributed by atoms with Crippen molar-refractivity contribution in [3.63, 3.8) is 0 Å². The number of benzene rings is 1. The molecule has 0 spiro atoms. The molecule has 24 heavy (non-hydrogen) atoms. The first-order chi connectivity index (χ1) is 11.3. The summed E-state index contributed by atoms with van der Waals surface area (Å²) in [4.78, 5) is 7.04. The van der Waals surface area contributed by atoms with Gasteiger partial charge in [0.25, 0.3) is 0 Å². The van der Waals surface area contributed by atoms with Crippen molar-refractivity contribution < 1.29 is 4.74 Å². The molecule has 1 aromatic carbocycles. The molecule has 1 aromatic heterocycles. The van der Waals surface area contributed by atoms with Crippen LogP contribution in [0.2, 0.25) is 0 Å². The number of rotatable bonds is 6. The van der Waals surface area contributed by atoms with E-state index in [1.165, 1.54) is 5.56 Å². The van der Waals surface area contributed by atoms with E-state index in [9.17, 15) is 0 Å². The van der Waals surface area contributed by atoms with Crippen LogP contribution in [0.4, 0.5) is 0 Å². The van der Waals surface area contributed by atoms with Crippen molar-refractivity contribution in [3.8, 4) is 5.75 Å². The van der Waals surface area contributed by atoms with Gasteiger partial charge in [0, 0.05) is 45.6 Å². The van der Waals surface area contributed by atoms with E-state index < -0.39 is 0 Å². The lowest BCUT2D eigenvalue weighted by Gasteiger charge is -2.35. The lowest BCUT2D eigenvalue weighted by molar-refractivity contribution is 0.144. The number of halogens is 1. The first-order valence-corrected chi connectivity index (χ1v) is 8.41. The van der Waals surface area contributed by atoms with Gasteiger partial charge in [-0.2, -0.15) is 0 Å². The quantitative estimate of drug-likeness (QED) is 0.870. The van der Waals surface area contributed by atoms with Crippen molar-refractivity contribution in [2.24, 2.45) is 7.05 Å². The fourth-order valence-electron chi connectivity index (χ4n) is 3.08. The Morgan fingerprint density at radius 1 is 1.38 bits per heavy atom. The molecule has 1 aliphatic heterocycles. The SMILES string of the molecule is CCCOc1cccc(CN2CCNCC2c2nccn2C)c1.Cl. The minimum absolute atomic E-state index is 0. The maximum Gasteiger partial charge on any atom is 0.127 e. The molecule has 1 atom stereocenters. The van der Waals surface area contributed by atoms with Gasteiger partial charge in [-0.3, -0.25) is 4.90 Å². The zero-order valence-corrected chi connectivity index (χ0v) is 15.3. The Kier molecular flexibility index (Phi) is 7.09. The monoisotopic (exact) mass is 350 g/mol. The maximum atomic E-state index is 5.76. The van der Waals surface area contributed by atoms with Crippen LogP contribution in [0, 0.1) is 0 Å². The van der Waals surface area contributed by atoms with Crippen LogP contribution in [0.3, 0.4) is 0 Å². The molecule has 0 aliphatic carbocycles. The van der Waals surface area contributed by atoms with E-state index in [-0.39, 0.29) is 12.4 Å². The summed E-state index contributed by atoms with van der Waals surface area (Å²) in [6, 6.07) is 8.76. The van der Waals surface area contributed by atoms with E-state index in [4.69, 9.17) is 4.74 Å². The highest BCUT2D eigenvalue weighted by Gasteiger charge is 2.26. The van der Waals surface area contributed by atoms with E-state index in [2.05, 4.69) is 51.9 Å². The zero-order valence-electron chi connectivity index (χ0n) is 14.4. The molecule has 5 nitrogen and oxygen atoms in total. The van der Waals surface area contributed by atoms with Crippen molar-refractivity contribution in [1.29, 1.82) is 0 Å². The second-order valence-corrected chi connectivity index (χ2v) is 6.08. The fourth-order valence-corrected chi connectivity index (χ4v) is 3.08. The van der Waals surface area contributed by atoms with Gasteiger partial charge in [-0.15, -0.1) is 12.4 Å². The average molecular weight is 351 g/mol. The summed E-state index contributed by atoms with van der Waals surface area (Å²) in [5, 5.41) is 3.49. The Bertz CT molecular complexity index is 631. The van der Waals surface area contributed by atoms with Gasteiger partial charge < -0.3 is 14.6 Å². The Balaban J connectivity index is 0.00000208. The number of ether oxygens (including phenoxy) is 1. The highest BCUT2D eigenvalue weighted by molar-refractivity contribution is 5.85. The largest absolute Gasteiger partial charge is 0.494 e. The van der Waals surface area contributed by atoms with E-state index in [1.807, 2.05) is 18.5 Å². The smallest absolute Gasteiger partial charge is 0.127 e. The molecule has 0 bridgehead atoms. The van der Waals surface area contributed by atoms with E-state index in [0.29, 0.717) is 6.04 Å². The fraction of sp³-hybridized carbons (Fsp3) is 0.500. The minimum atomic E-state index is 0. The van der Waals surface area contributed by atoms with Gasteiger partial charge in [-0.1, -0.05) is 19.1 Å². The molecule has 1 N–H and O–H groups in total. The first kappa shape index (κ1) is 18.8. The second-order valence-electron chi connectivity index (χ2n) is 6.08. The predicted molar refractivity (Wildman–Crippen MR) is 98.7 cm³/mol. The third kappa shape index (κ3) is 4.50. The highest BCUT2D eigenvalue weighted by Crippen LogP contribution is 2.24. The topological polar surface area (TPSA) is 42.3 Å². The number of aromatic nitrogens is 2. The van der Waals surface area contributed by atoms with Gasteiger partial charge in [0.15, 0.2) is 0 Å². The van der Waals surface area contributed by atoms with Crippen LogP contribution in [-0.4, -0.2) is 40.7 Å². The van der Waals surface area contributed by atoms with E-state index in [0.717, 1.165) is 50.8 Å². The minimum Gasteiger partial charge on any atom is -0.494 e. The van der Waals surface area contributed by atoms with Crippen LogP contribution in [-0.2, 0) is 13.6 Å². The molecule has 3 rings (SSSR count). The van der Waals surface area contributed by atoms with E-state index in [1.54, 1.807) is 0 Å². The first-order valence-electron chi connectivity index (χ1n) is 8.41. The molecule has 1 saturated heterocycles. The molecular weight excluding hydrogens is 324 g/mol. The molecule has 1 unspecified atom stereocenters. The third-order valence-corrected chi connectivity index (χ3v) is 4.27. The number of aryl methyl sites for hydroxylation is 1. The number of hydrogen-bond donors (Lipinski definition) is 1.